The third-order valence-corrected chi connectivity index (χ3v) is 2.31. The fourth-order valence-electron chi connectivity index (χ4n) is 0.748. The number of thioether (sulfide) groups is 1. The smallest absolute Gasteiger partial charge is 0.407 e. The molecule has 0 unspecified atom stereocenters. The predicted molar refractivity (Wildman–Crippen MR) is 36.7 cm³/mol. The number of amides is 1. The predicted octanol–water partition coefficient (Wildman–Crippen LogP) is 1.06. The van der Waals surface area contributed by atoms with E-state index in [0.29, 0.717) is 12.4 Å². The van der Waals surface area contributed by atoms with E-state index in [-0.39, 0.29) is 0 Å². The molecule has 9 heavy (non-hydrogen) atoms. The van der Waals surface area contributed by atoms with Gasteiger partial charge in [0.1, 0.15) is 0 Å². The number of hydrogen-bond acceptors (Lipinski definition) is 2. The Morgan fingerprint density at radius 1 is 1.67 bits per heavy atom. The highest BCUT2D eigenvalue weighted by molar-refractivity contribution is 7.99. The van der Waals surface area contributed by atoms with Gasteiger partial charge in [-0.25, -0.2) is 4.79 Å². The molecule has 0 bridgehead atoms. The van der Waals surface area contributed by atoms with Gasteiger partial charge in [-0.1, -0.05) is 0 Å². The number of nitrogens with zero attached hydrogens (tertiary/aromatic N) is 1. The van der Waals surface area contributed by atoms with Crippen LogP contribution in [0.4, 0.5) is 4.79 Å². The van der Waals surface area contributed by atoms with Gasteiger partial charge >= 0.3 is 6.09 Å². The van der Waals surface area contributed by atoms with Crippen LogP contribution in [0.3, 0.4) is 0 Å². The lowest BCUT2D eigenvalue weighted by atomic mass is 10.4. The van der Waals surface area contributed by atoms with Crippen molar-refractivity contribution in [2.75, 3.05) is 18.2 Å². The maximum atomic E-state index is 10.3. The van der Waals surface area contributed by atoms with E-state index >= 15 is 0 Å². The van der Waals surface area contributed by atoms with Gasteiger partial charge in [0, 0.05) is 6.54 Å². The molecule has 52 valence electrons. The fourth-order valence-corrected chi connectivity index (χ4v) is 1.67. The van der Waals surface area contributed by atoms with E-state index in [4.69, 9.17) is 5.11 Å². The molecule has 1 saturated heterocycles. The Morgan fingerprint density at radius 2 is 2.44 bits per heavy atom. The molecule has 0 atom stereocenters. The van der Waals surface area contributed by atoms with Gasteiger partial charge in [-0.05, 0) is 12.2 Å². The molecule has 3 nitrogen and oxygen atoms in total. The van der Waals surface area contributed by atoms with E-state index in [1.165, 1.54) is 4.90 Å². The summed E-state index contributed by atoms with van der Waals surface area (Å²) in [5, 5.41) is 8.45. The van der Waals surface area contributed by atoms with Gasteiger partial charge in [0.15, 0.2) is 0 Å². The molecule has 0 aliphatic carbocycles. The van der Waals surface area contributed by atoms with Crippen molar-refractivity contribution in [2.24, 2.45) is 0 Å². The van der Waals surface area contributed by atoms with E-state index in [9.17, 15) is 4.79 Å². The molecule has 0 aromatic carbocycles. The maximum absolute atomic E-state index is 10.3. The van der Waals surface area contributed by atoms with Gasteiger partial charge in [-0.15, -0.1) is 11.8 Å². The first-order valence-electron chi connectivity index (χ1n) is 2.86. The summed E-state index contributed by atoms with van der Waals surface area (Å²) >= 11 is 1.68. The fraction of sp³-hybridized carbons (Fsp3) is 0.800. The molecule has 0 saturated carbocycles. The van der Waals surface area contributed by atoms with Crippen LogP contribution in [-0.2, 0) is 0 Å². The van der Waals surface area contributed by atoms with Crippen LogP contribution in [0.15, 0.2) is 0 Å². The Bertz CT molecular complexity index is 112. The molecular formula is C5H9NO2S. The van der Waals surface area contributed by atoms with Gasteiger partial charge in [0.25, 0.3) is 0 Å². The van der Waals surface area contributed by atoms with Crippen LogP contribution < -0.4 is 0 Å². The molecule has 0 aromatic heterocycles. The van der Waals surface area contributed by atoms with Crippen molar-refractivity contribution in [3.63, 3.8) is 0 Å². The van der Waals surface area contributed by atoms with Gasteiger partial charge in [-0.2, -0.15) is 0 Å². The van der Waals surface area contributed by atoms with E-state index in [0.717, 1.165) is 12.2 Å². The van der Waals surface area contributed by atoms with Crippen LogP contribution >= 0.6 is 11.8 Å². The highest BCUT2D eigenvalue weighted by Gasteiger charge is 2.14. The van der Waals surface area contributed by atoms with E-state index in [1.807, 2.05) is 0 Å². The van der Waals surface area contributed by atoms with E-state index in [1.54, 1.807) is 11.8 Å². The van der Waals surface area contributed by atoms with Crippen LogP contribution in [0, 0.1) is 0 Å². The molecule has 1 N–H and O–H groups in total. The van der Waals surface area contributed by atoms with E-state index < -0.39 is 6.09 Å². The van der Waals surface area contributed by atoms with Crippen LogP contribution in [0.2, 0.25) is 0 Å². The zero-order valence-corrected chi connectivity index (χ0v) is 5.86. The van der Waals surface area contributed by atoms with Gasteiger partial charge in [0.2, 0.25) is 0 Å². The Labute approximate surface area is 58.0 Å². The summed E-state index contributed by atoms with van der Waals surface area (Å²) < 4.78 is 0. The molecule has 1 aliphatic rings. The summed E-state index contributed by atoms with van der Waals surface area (Å²) in [6.07, 6.45) is 0.207. The minimum Gasteiger partial charge on any atom is -0.465 e. The van der Waals surface area contributed by atoms with Crippen LogP contribution in [-0.4, -0.2) is 34.3 Å². The van der Waals surface area contributed by atoms with E-state index in [2.05, 4.69) is 0 Å². The number of carbonyl (C=O) groups is 1. The van der Waals surface area contributed by atoms with Crippen molar-refractivity contribution in [1.29, 1.82) is 0 Å². The van der Waals surface area contributed by atoms with Crippen LogP contribution in [0.25, 0.3) is 0 Å². The minimum absolute atomic E-state index is 0.648. The van der Waals surface area contributed by atoms with Gasteiger partial charge in [0.05, 0.1) is 5.88 Å². The standard InChI is InChI=1S/C5H9NO2S/c7-5(8)6-2-1-3-9-4-6/h1-4H2,(H,7,8). The lowest BCUT2D eigenvalue weighted by molar-refractivity contribution is 0.152. The molecule has 1 aliphatic heterocycles. The normalized spacial score (nSPS) is 19.8. The van der Waals surface area contributed by atoms with Crippen molar-refractivity contribution in [3.8, 4) is 0 Å². The molecule has 0 radical (unpaired) electrons. The molecule has 1 amide bonds. The summed E-state index contributed by atoms with van der Waals surface area (Å²) in [5.74, 6) is 1.75. The maximum Gasteiger partial charge on any atom is 0.407 e. The van der Waals surface area contributed by atoms with Crippen molar-refractivity contribution < 1.29 is 9.90 Å². The average Bonchev–Trinajstić information content (AvgIpc) is 1.90. The summed E-state index contributed by atoms with van der Waals surface area (Å²) in [6.45, 7) is 0.711. The highest BCUT2D eigenvalue weighted by Crippen LogP contribution is 2.12. The second kappa shape index (κ2) is 2.96. The summed E-state index contributed by atoms with van der Waals surface area (Å²) in [7, 11) is 0. The molecule has 0 spiro atoms. The van der Waals surface area contributed by atoms with Crippen LogP contribution in [0.1, 0.15) is 6.42 Å². The Kier molecular flexibility index (Phi) is 2.22. The van der Waals surface area contributed by atoms with Gasteiger partial charge in [-0.3, -0.25) is 4.90 Å². The highest BCUT2D eigenvalue weighted by atomic mass is 32.2. The molecule has 4 heteroatoms. The molecule has 1 fully saturated rings. The quantitative estimate of drug-likeness (QED) is 0.557. The van der Waals surface area contributed by atoms with Crippen molar-refractivity contribution in [3.05, 3.63) is 0 Å². The Balaban J connectivity index is 2.31. The number of rotatable bonds is 0. The number of carboxylic acid groups (broad SMARTS) is 1. The zero-order valence-electron chi connectivity index (χ0n) is 5.04. The first kappa shape index (κ1) is 6.74. The van der Waals surface area contributed by atoms with Crippen molar-refractivity contribution in [1.82, 2.24) is 4.90 Å². The molecule has 0 aromatic rings. The summed E-state index contributed by atoms with van der Waals surface area (Å²) in [5.41, 5.74) is 0. The minimum atomic E-state index is -0.790. The first-order chi connectivity index (χ1) is 4.30. The second-order valence-electron chi connectivity index (χ2n) is 1.94. The van der Waals surface area contributed by atoms with Gasteiger partial charge < -0.3 is 5.11 Å². The van der Waals surface area contributed by atoms with Crippen molar-refractivity contribution >= 4 is 17.9 Å². The topological polar surface area (TPSA) is 40.5 Å². The average molecular weight is 147 g/mol. The lowest BCUT2D eigenvalue weighted by Crippen LogP contribution is -2.33. The third kappa shape index (κ3) is 1.78. The Morgan fingerprint density at radius 3 is 2.78 bits per heavy atom. The zero-order chi connectivity index (χ0) is 6.69. The molecule has 1 heterocycles. The largest absolute Gasteiger partial charge is 0.465 e. The lowest BCUT2D eigenvalue weighted by Gasteiger charge is -2.22. The summed E-state index contributed by atoms with van der Waals surface area (Å²) in [6, 6.07) is 0. The monoisotopic (exact) mass is 147 g/mol. The first-order valence-corrected chi connectivity index (χ1v) is 4.02. The number of hydrogen-bond donors (Lipinski definition) is 1. The SMILES string of the molecule is O=C(O)N1CCCSC1. The van der Waals surface area contributed by atoms with Crippen molar-refractivity contribution in [2.45, 2.75) is 6.42 Å². The molecular weight excluding hydrogens is 138 g/mol. The molecule has 1 rings (SSSR count). The summed E-state index contributed by atoms with van der Waals surface area (Å²) in [4.78, 5) is 11.7. The van der Waals surface area contributed by atoms with Crippen LogP contribution in [0.5, 0.6) is 0 Å². The third-order valence-electron chi connectivity index (χ3n) is 1.23. The second-order valence-corrected chi connectivity index (χ2v) is 3.01. The Hall–Kier alpha value is -0.380.